The third-order valence-corrected chi connectivity index (χ3v) is 4.42. The van der Waals surface area contributed by atoms with Gasteiger partial charge in [-0.05, 0) is 24.7 Å². The average molecular weight is 280 g/mol. The maximum Gasteiger partial charge on any atom is 0.346 e. The minimum atomic E-state index is -0.399. The fourth-order valence-electron chi connectivity index (χ4n) is 2.89. The van der Waals surface area contributed by atoms with Crippen LogP contribution in [0.15, 0.2) is 9.59 Å². The molecule has 112 valence electrons. The van der Waals surface area contributed by atoms with Crippen LogP contribution in [-0.4, -0.2) is 20.9 Å². The van der Waals surface area contributed by atoms with E-state index < -0.39 is 5.69 Å². The summed E-state index contributed by atoms with van der Waals surface area (Å²) in [7, 11) is 3.03. The maximum absolute atomic E-state index is 11.9. The van der Waals surface area contributed by atoms with Crippen molar-refractivity contribution >= 4 is 5.82 Å². The summed E-state index contributed by atoms with van der Waals surface area (Å²) < 4.78 is 2.28. The lowest BCUT2D eigenvalue weighted by Crippen LogP contribution is -2.40. The van der Waals surface area contributed by atoms with Crippen molar-refractivity contribution in [2.45, 2.75) is 39.0 Å². The number of rotatable bonds is 4. The Bertz CT molecular complexity index is 568. The van der Waals surface area contributed by atoms with Crippen LogP contribution in [0.25, 0.3) is 0 Å². The highest BCUT2D eigenvalue weighted by Gasteiger charge is 2.20. The highest BCUT2D eigenvalue weighted by atomic mass is 16.2. The molecule has 1 fully saturated rings. The minimum Gasteiger partial charge on any atom is -0.364 e. The average Bonchev–Trinajstić information content (AvgIpc) is 2.48. The van der Waals surface area contributed by atoms with Crippen LogP contribution in [0, 0.1) is 11.8 Å². The van der Waals surface area contributed by atoms with Gasteiger partial charge in [0, 0.05) is 20.6 Å². The quantitative estimate of drug-likeness (QED) is 0.897. The van der Waals surface area contributed by atoms with Crippen LogP contribution in [-0.2, 0) is 14.1 Å². The Morgan fingerprint density at radius 1 is 1.15 bits per heavy atom. The van der Waals surface area contributed by atoms with E-state index in [-0.39, 0.29) is 11.4 Å². The highest BCUT2D eigenvalue weighted by molar-refractivity contribution is 5.29. The van der Waals surface area contributed by atoms with Crippen LogP contribution in [0.2, 0.25) is 0 Å². The molecule has 0 aromatic carbocycles. The van der Waals surface area contributed by atoms with E-state index in [1.165, 1.54) is 43.8 Å². The van der Waals surface area contributed by atoms with Gasteiger partial charge in [-0.1, -0.05) is 26.2 Å². The summed E-state index contributed by atoms with van der Waals surface area (Å²) in [6.45, 7) is 3.01. The number of hydrogen-bond donors (Lipinski definition) is 1. The van der Waals surface area contributed by atoms with E-state index in [1.807, 2.05) is 0 Å². The molecule has 6 nitrogen and oxygen atoms in total. The van der Waals surface area contributed by atoms with Crippen LogP contribution in [0.5, 0.6) is 0 Å². The third-order valence-electron chi connectivity index (χ3n) is 4.42. The van der Waals surface area contributed by atoms with Gasteiger partial charge in [0.15, 0.2) is 0 Å². The van der Waals surface area contributed by atoms with Crippen molar-refractivity contribution in [3.05, 3.63) is 20.8 Å². The second-order valence-electron chi connectivity index (χ2n) is 5.79. The summed E-state index contributed by atoms with van der Waals surface area (Å²) >= 11 is 0. The van der Waals surface area contributed by atoms with Crippen molar-refractivity contribution in [2.24, 2.45) is 25.9 Å². The summed E-state index contributed by atoms with van der Waals surface area (Å²) in [5, 5.41) is 7.13. The van der Waals surface area contributed by atoms with Crippen molar-refractivity contribution in [1.82, 2.24) is 14.3 Å². The second kappa shape index (κ2) is 6.24. The first-order valence-electron chi connectivity index (χ1n) is 7.41. The predicted octanol–water partition coefficient (Wildman–Crippen LogP) is 1.11. The van der Waals surface area contributed by atoms with Gasteiger partial charge in [0.2, 0.25) is 5.82 Å². The normalized spacial score (nSPS) is 22.8. The van der Waals surface area contributed by atoms with Crippen molar-refractivity contribution < 1.29 is 0 Å². The molecule has 20 heavy (non-hydrogen) atoms. The summed E-state index contributed by atoms with van der Waals surface area (Å²) in [5.74, 6) is 1.74. The number of hydrogen-bond acceptors (Lipinski definition) is 4. The zero-order valence-corrected chi connectivity index (χ0v) is 12.6. The van der Waals surface area contributed by atoms with Gasteiger partial charge in [0.1, 0.15) is 0 Å². The van der Waals surface area contributed by atoms with Gasteiger partial charge >= 0.3 is 5.69 Å². The number of nitrogens with zero attached hydrogens (tertiary/aromatic N) is 3. The van der Waals surface area contributed by atoms with E-state index in [9.17, 15) is 9.59 Å². The molecule has 6 heteroatoms. The summed E-state index contributed by atoms with van der Waals surface area (Å²) in [6.07, 6.45) is 6.24. The summed E-state index contributed by atoms with van der Waals surface area (Å²) in [4.78, 5) is 23.5. The van der Waals surface area contributed by atoms with E-state index >= 15 is 0 Å². The van der Waals surface area contributed by atoms with Crippen LogP contribution >= 0.6 is 0 Å². The van der Waals surface area contributed by atoms with Gasteiger partial charge in [-0.3, -0.25) is 9.36 Å². The fraction of sp³-hybridized carbons (Fsp3) is 0.786. The second-order valence-corrected chi connectivity index (χ2v) is 5.79. The van der Waals surface area contributed by atoms with Crippen LogP contribution < -0.4 is 16.6 Å². The van der Waals surface area contributed by atoms with Gasteiger partial charge in [-0.25, -0.2) is 9.48 Å². The van der Waals surface area contributed by atoms with Crippen molar-refractivity contribution in [2.75, 3.05) is 11.9 Å². The molecule has 0 saturated heterocycles. The van der Waals surface area contributed by atoms with Crippen LogP contribution in [0.4, 0.5) is 5.82 Å². The first kappa shape index (κ1) is 14.8. The van der Waals surface area contributed by atoms with Gasteiger partial charge in [0.25, 0.3) is 5.56 Å². The van der Waals surface area contributed by atoms with Gasteiger partial charge in [0.05, 0.1) is 0 Å². The molecule has 1 heterocycles. The molecule has 0 aliphatic heterocycles. The molecule has 0 amide bonds. The molecule has 0 spiro atoms. The molecule has 1 saturated carbocycles. The van der Waals surface area contributed by atoms with Crippen molar-refractivity contribution in [3.8, 4) is 0 Å². The molecule has 0 atom stereocenters. The molecule has 1 aromatic heterocycles. The van der Waals surface area contributed by atoms with Gasteiger partial charge < -0.3 is 5.32 Å². The molecular weight excluding hydrogens is 256 g/mol. The summed E-state index contributed by atoms with van der Waals surface area (Å²) in [6, 6.07) is 0. The van der Waals surface area contributed by atoms with E-state index in [0.717, 1.165) is 17.0 Å². The number of aromatic nitrogens is 3. The zero-order valence-electron chi connectivity index (χ0n) is 12.6. The molecule has 0 unspecified atom stereocenters. The monoisotopic (exact) mass is 280 g/mol. The smallest absolute Gasteiger partial charge is 0.346 e. The molecule has 1 aliphatic carbocycles. The molecule has 0 radical (unpaired) electrons. The van der Waals surface area contributed by atoms with Crippen molar-refractivity contribution in [3.63, 3.8) is 0 Å². The Hall–Kier alpha value is -1.59. The molecular formula is C14H24N4O2. The van der Waals surface area contributed by atoms with E-state index in [2.05, 4.69) is 17.3 Å². The summed E-state index contributed by atoms with van der Waals surface area (Å²) in [5.41, 5.74) is -0.751. The fourth-order valence-corrected chi connectivity index (χ4v) is 2.89. The largest absolute Gasteiger partial charge is 0.364 e. The number of anilines is 1. The van der Waals surface area contributed by atoms with Crippen molar-refractivity contribution in [1.29, 1.82) is 0 Å². The molecule has 2 rings (SSSR count). The van der Waals surface area contributed by atoms with E-state index in [1.54, 1.807) is 7.05 Å². The Balaban J connectivity index is 1.99. The maximum atomic E-state index is 11.9. The van der Waals surface area contributed by atoms with Crippen LogP contribution in [0.1, 0.15) is 39.0 Å². The van der Waals surface area contributed by atoms with E-state index in [4.69, 9.17) is 0 Å². The first-order chi connectivity index (χ1) is 9.52. The Morgan fingerprint density at radius 2 is 1.75 bits per heavy atom. The Morgan fingerprint density at radius 3 is 2.35 bits per heavy atom. The number of nitrogens with one attached hydrogen (secondary N) is 1. The molecule has 0 bridgehead atoms. The lowest BCUT2D eigenvalue weighted by Gasteiger charge is -2.27. The Kier molecular flexibility index (Phi) is 4.62. The van der Waals surface area contributed by atoms with Gasteiger partial charge in [-0.2, -0.15) is 0 Å². The molecule has 1 aliphatic rings. The molecule has 1 aromatic rings. The minimum absolute atomic E-state index is 0.271. The highest BCUT2D eigenvalue weighted by Crippen LogP contribution is 2.30. The zero-order chi connectivity index (χ0) is 14.7. The lowest BCUT2D eigenvalue weighted by atomic mass is 9.81. The first-order valence-corrected chi connectivity index (χ1v) is 7.41. The Labute approximate surface area is 118 Å². The topological polar surface area (TPSA) is 68.9 Å². The standard InChI is InChI=1S/C14H24N4O2/c1-4-10-5-7-11(8-6-10)9-15-12-13(19)17(2)14(20)18(3)16-12/h10-11H,4-9H2,1-3H3,(H,15,16). The molecule has 1 N–H and O–H groups in total. The SMILES string of the molecule is CCC1CCC(CNc2nn(C)c(=O)n(C)c2=O)CC1. The third kappa shape index (κ3) is 3.11. The van der Waals surface area contributed by atoms with Gasteiger partial charge in [-0.15, -0.1) is 5.10 Å². The predicted molar refractivity (Wildman–Crippen MR) is 78.9 cm³/mol. The number of aryl methyl sites for hydroxylation is 1. The van der Waals surface area contributed by atoms with Crippen LogP contribution in [0.3, 0.4) is 0 Å². The lowest BCUT2D eigenvalue weighted by molar-refractivity contribution is 0.278. The van der Waals surface area contributed by atoms with E-state index in [0.29, 0.717) is 5.92 Å².